The summed E-state index contributed by atoms with van der Waals surface area (Å²) in [6, 6.07) is 5.47. The van der Waals surface area contributed by atoms with Crippen LogP contribution in [0.5, 0.6) is 0 Å². The minimum Gasteiger partial charge on any atom is -0.306 e. The largest absolute Gasteiger partial charge is 0.306 e. The van der Waals surface area contributed by atoms with E-state index in [4.69, 9.17) is 11.6 Å². The number of rotatable bonds is 1. The van der Waals surface area contributed by atoms with Crippen molar-refractivity contribution >= 4 is 34.2 Å². The minimum atomic E-state index is -0.125. The van der Waals surface area contributed by atoms with Crippen LogP contribution < -0.4 is 5.56 Å². The zero-order valence-electron chi connectivity index (χ0n) is 8.42. The topological polar surface area (TPSA) is 45.8 Å². The van der Waals surface area contributed by atoms with Crippen molar-refractivity contribution in [2.75, 3.05) is 0 Å². The number of aromatic nitrogens is 2. The highest BCUT2D eigenvalue weighted by molar-refractivity contribution is 14.1. The smallest absolute Gasteiger partial charge is 0.264 e. The fraction of sp³-hybridized carbons (Fsp3) is 0.0909. The van der Waals surface area contributed by atoms with E-state index in [0.717, 1.165) is 11.1 Å². The second kappa shape index (κ2) is 4.55. The molecule has 3 nitrogen and oxygen atoms in total. The first-order valence-corrected chi connectivity index (χ1v) is 6.05. The number of hydrogen-bond acceptors (Lipinski definition) is 2. The Morgan fingerprint density at radius 1 is 1.44 bits per heavy atom. The molecule has 2 aromatic rings. The summed E-state index contributed by atoms with van der Waals surface area (Å²) in [4.78, 5) is 18.4. The summed E-state index contributed by atoms with van der Waals surface area (Å²) in [5.74, 6) is 0.569. The van der Waals surface area contributed by atoms with Crippen molar-refractivity contribution in [3.05, 3.63) is 48.9 Å². The van der Waals surface area contributed by atoms with E-state index in [-0.39, 0.29) is 5.56 Å². The van der Waals surface area contributed by atoms with E-state index in [2.05, 4.69) is 9.97 Å². The van der Waals surface area contributed by atoms with Crippen LogP contribution in [0.25, 0.3) is 11.4 Å². The predicted molar refractivity (Wildman–Crippen MR) is 72.8 cm³/mol. The lowest BCUT2D eigenvalue weighted by molar-refractivity contribution is 1.10. The molecule has 0 fully saturated rings. The molecule has 1 N–H and O–H groups in total. The zero-order valence-corrected chi connectivity index (χ0v) is 11.3. The van der Waals surface area contributed by atoms with Crippen molar-refractivity contribution in [2.24, 2.45) is 0 Å². The van der Waals surface area contributed by atoms with E-state index in [0.29, 0.717) is 14.4 Å². The molecule has 0 unspecified atom stereocenters. The van der Waals surface area contributed by atoms with Crippen LogP contribution in [0.15, 0.2) is 29.2 Å². The molecule has 0 atom stereocenters. The first kappa shape index (κ1) is 11.6. The summed E-state index contributed by atoms with van der Waals surface area (Å²) in [7, 11) is 0. The van der Waals surface area contributed by atoms with Gasteiger partial charge in [-0.3, -0.25) is 4.79 Å². The summed E-state index contributed by atoms with van der Waals surface area (Å²) in [6.07, 6.45) is 1.56. The van der Waals surface area contributed by atoms with E-state index in [1.54, 1.807) is 12.3 Å². The average Bonchev–Trinajstić information content (AvgIpc) is 2.22. The lowest BCUT2D eigenvalue weighted by Crippen LogP contribution is -2.11. The van der Waals surface area contributed by atoms with Crippen molar-refractivity contribution in [3.8, 4) is 11.4 Å². The van der Waals surface area contributed by atoms with Crippen LogP contribution in [-0.2, 0) is 0 Å². The maximum atomic E-state index is 11.5. The first-order valence-electron chi connectivity index (χ1n) is 4.59. The fourth-order valence-corrected chi connectivity index (χ4v) is 1.91. The van der Waals surface area contributed by atoms with Crippen LogP contribution in [-0.4, -0.2) is 9.97 Å². The summed E-state index contributed by atoms with van der Waals surface area (Å²) in [5.41, 5.74) is 1.75. The van der Waals surface area contributed by atoms with Gasteiger partial charge in [-0.05, 0) is 53.3 Å². The van der Waals surface area contributed by atoms with Crippen LogP contribution in [0.1, 0.15) is 5.56 Å². The number of H-pyrrole nitrogens is 1. The van der Waals surface area contributed by atoms with Crippen LogP contribution in [0.2, 0.25) is 5.02 Å². The monoisotopic (exact) mass is 346 g/mol. The van der Waals surface area contributed by atoms with Gasteiger partial charge >= 0.3 is 0 Å². The van der Waals surface area contributed by atoms with Crippen molar-refractivity contribution in [2.45, 2.75) is 6.92 Å². The molecule has 16 heavy (non-hydrogen) atoms. The normalized spacial score (nSPS) is 10.4. The molecule has 2 rings (SSSR count). The number of halogens is 2. The summed E-state index contributed by atoms with van der Waals surface area (Å²) in [5, 5.41) is 0.675. The summed E-state index contributed by atoms with van der Waals surface area (Å²) in [6.45, 7) is 1.93. The lowest BCUT2D eigenvalue weighted by Gasteiger charge is -2.05. The summed E-state index contributed by atoms with van der Waals surface area (Å²) >= 11 is 7.81. The van der Waals surface area contributed by atoms with Crippen molar-refractivity contribution in [3.63, 3.8) is 0 Å². The van der Waals surface area contributed by atoms with Gasteiger partial charge in [-0.25, -0.2) is 4.98 Å². The highest BCUT2D eigenvalue weighted by atomic mass is 127. The Morgan fingerprint density at radius 3 is 2.81 bits per heavy atom. The molecule has 0 spiro atoms. The molecule has 0 aliphatic heterocycles. The number of hydrogen-bond donors (Lipinski definition) is 1. The zero-order chi connectivity index (χ0) is 11.7. The van der Waals surface area contributed by atoms with Crippen LogP contribution >= 0.6 is 34.2 Å². The number of aromatic amines is 1. The van der Waals surface area contributed by atoms with E-state index >= 15 is 0 Å². The molecule has 0 aliphatic carbocycles. The molecule has 0 bridgehead atoms. The number of benzene rings is 1. The lowest BCUT2D eigenvalue weighted by atomic mass is 10.1. The minimum absolute atomic E-state index is 0.125. The van der Waals surface area contributed by atoms with Gasteiger partial charge in [-0.2, -0.15) is 0 Å². The molecule has 1 heterocycles. The Balaban J connectivity index is 2.59. The molecule has 1 aromatic carbocycles. The molecule has 0 saturated carbocycles. The molecule has 1 aromatic heterocycles. The van der Waals surface area contributed by atoms with E-state index in [1.807, 2.05) is 41.6 Å². The number of nitrogens with zero attached hydrogens (tertiary/aromatic N) is 1. The van der Waals surface area contributed by atoms with Crippen molar-refractivity contribution < 1.29 is 0 Å². The van der Waals surface area contributed by atoms with E-state index in [1.165, 1.54) is 0 Å². The molecular formula is C11H8ClIN2O. The van der Waals surface area contributed by atoms with Gasteiger partial charge in [0.1, 0.15) is 5.82 Å². The Kier molecular flexibility index (Phi) is 3.30. The van der Waals surface area contributed by atoms with Gasteiger partial charge in [0.25, 0.3) is 5.56 Å². The highest BCUT2D eigenvalue weighted by Gasteiger charge is 2.06. The van der Waals surface area contributed by atoms with Gasteiger partial charge < -0.3 is 4.98 Å². The Labute approximate surface area is 111 Å². The Hall–Kier alpha value is -0.880. The van der Waals surface area contributed by atoms with Gasteiger partial charge in [0.15, 0.2) is 0 Å². The van der Waals surface area contributed by atoms with Gasteiger partial charge in [0.2, 0.25) is 0 Å². The van der Waals surface area contributed by atoms with Gasteiger partial charge in [-0.15, -0.1) is 0 Å². The molecule has 0 radical (unpaired) electrons. The van der Waals surface area contributed by atoms with Crippen molar-refractivity contribution in [1.82, 2.24) is 9.97 Å². The Morgan fingerprint density at radius 2 is 2.19 bits per heavy atom. The van der Waals surface area contributed by atoms with Crippen LogP contribution in [0.3, 0.4) is 0 Å². The quantitative estimate of drug-likeness (QED) is 0.807. The van der Waals surface area contributed by atoms with Gasteiger partial charge in [0.05, 0.1) is 3.57 Å². The molecule has 0 aliphatic rings. The molecule has 0 saturated heterocycles. The second-order valence-corrected chi connectivity index (χ2v) is 4.97. The van der Waals surface area contributed by atoms with E-state index < -0.39 is 0 Å². The average molecular weight is 347 g/mol. The third-order valence-electron chi connectivity index (χ3n) is 2.20. The Bertz CT molecular complexity index is 595. The second-order valence-electron chi connectivity index (χ2n) is 3.37. The third kappa shape index (κ3) is 2.27. The standard InChI is InChI=1S/C11H8ClIN2O/c1-6-4-7(12)2-3-8(6)10-14-5-9(13)11(16)15-10/h2-5H,1H3,(H,14,15,16). The van der Waals surface area contributed by atoms with E-state index in [9.17, 15) is 4.79 Å². The van der Waals surface area contributed by atoms with Gasteiger partial charge in [0, 0.05) is 16.8 Å². The highest BCUT2D eigenvalue weighted by Crippen LogP contribution is 2.22. The molecular weight excluding hydrogens is 338 g/mol. The summed E-state index contributed by atoms with van der Waals surface area (Å²) < 4.78 is 0.577. The predicted octanol–water partition coefficient (Wildman–Crippen LogP) is 3.00. The number of aryl methyl sites for hydroxylation is 1. The van der Waals surface area contributed by atoms with Crippen molar-refractivity contribution in [1.29, 1.82) is 0 Å². The molecule has 0 amide bonds. The van der Waals surface area contributed by atoms with Crippen LogP contribution in [0.4, 0.5) is 0 Å². The SMILES string of the molecule is Cc1cc(Cl)ccc1-c1ncc(I)c(=O)[nH]1. The maximum Gasteiger partial charge on any atom is 0.264 e. The fourth-order valence-electron chi connectivity index (χ4n) is 1.41. The molecule has 5 heteroatoms. The molecule has 82 valence electrons. The number of nitrogens with one attached hydrogen (secondary N) is 1. The maximum absolute atomic E-state index is 11.5. The third-order valence-corrected chi connectivity index (χ3v) is 3.20. The van der Waals surface area contributed by atoms with Crippen LogP contribution in [0, 0.1) is 10.5 Å². The van der Waals surface area contributed by atoms with Gasteiger partial charge in [-0.1, -0.05) is 11.6 Å². The first-order chi connectivity index (χ1) is 7.58.